The van der Waals surface area contributed by atoms with E-state index in [1.54, 1.807) is 24.2 Å². The SMILES string of the molecule is CCc1ccc(-n2c(SCCN)nnc2-c2ccncc2)cc1.O=C(O)C(=O)O. The zero-order valence-electron chi connectivity index (χ0n) is 15.7. The zero-order chi connectivity index (χ0) is 21.2. The molecule has 0 aliphatic rings. The molecule has 4 N–H and O–H groups in total. The molecule has 0 spiro atoms. The van der Waals surface area contributed by atoms with Gasteiger partial charge in [-0.15, -0.1) is 10.2 Å². The molecule has 2 heterocycles. The fourth-order valence-electron chi connectivity index (χ4n) is 2.32. The second-order valence-electron chi connectivity index (χ2n) is 5.64. The van der Waals surface area contributed by atoms with Crippen LogP contribution in [0.25, 0.3) is 17.1 Å². The molecule has 0 fully saturated rings. The predicted octanol–water partition coefficient (Wildman–Crippen LogP) is 2.10. The minimum Gasteiger partial charge on any atom is -0.473 e. The van der Waals surface area contributed by atoms with Gasteiger partial charge in [0.25, 0.3) is 0 Å². The first-order valence-corrected chi connectivity index (χ1v) is 9.70. The Kier molecular flexibility index (Phi) is 8.31. The molecule has 3 aromatic rings. The molecule has 0 aliphatic heterocycles. The third-order valence-electron chi connectivity index (χ3n) is 3.71. The number of nitrogens with two attached hydrogens (primary N) is 1. The molecule has 0 atom stereocenters. The largest absolute Gasteiger partial charge is 0.473 e. The van der Waals surface area contributed by atoms with Crippen molar-refractivity contribution >= 4 is 23.7 Å². The zero-order valence-corrected chi connectivity index (χ0v) is 16.5. The number of nitrogens with zero attached hydrogens (tertiary/aromatic N) is 4. The van der Waals surface area contributed by atoms with E-state index in [1.807, 2.05) is 12.1 Å². The van der Waals surface area contributed by atoms with Crippen LogP contribution >= 0.6 is 11.8 Å². The lowest BCUT2D eigenvalue weighted by Gasteiger charge is -2.10. The van der Waals surface area contributed by atoms with Gasteiger partial charge in [0.05, 0.1) is 0 Å². The van der Waals surface area contributed by atoms with E-state index in [-0.39, 0.29) is 0 Å². The number of aliphatic carboxylic acids is 2. The second-order valence-corrected chi connectivity index (χ2v) is 6.71. The van der Waals surface area contributed by atoms with Crippen LogP contribution < -0.4 is 5.73 Å². The van der Waals surface area contributed by atoms with Crippen molar-refractivity contribution in [1.82, 2.24) is 19.7 Å². The average Bonchev–Trinajstić information content (AvgIpc) is 3.17. The van der Waals surface area contributed by atoms with Crippen molar-refractivity contribution in [3.63, 3.8) is 0 Å². The number of carbonyl (C=O) groups is 2. The number of pyridine rings is 1. The maximum atomic E-state index is 9.10. The van der Waals surface area contributed by atoms with Crippen LogP contribution in [0, 0.1) is 0 Å². The summed E-state index contributed by atoms with van der Waals surface area (Å²) in [7, 11) is 0. The molecule has 3 rings (SSSR count). The molecule has 0 amide bonds. The van der Waals surface area contributed by atoms with Gasteiger partial charge in [-0.05, 0) is 36.2 Å². The topological polar surface area (TPSA) is 144 Å². The van der Waals surface area contributed by atoms with Crippen molar-refractivity contribution in [2.24, 2.45) is 5.73 Å². The Morgan fingerprint density at radius 2 is 1.66 bits per heavy atom. The Labute approximate surface area is 171 Å². The smallest absolute Gasteiger partial charge is 0.414 e. The lowest BCUT2D eigenvalue weighted by atomic mass is 10.1. The molecule has 1 aromatic carbocycles. The van der Waals surface area contributed by atoms with Gasteiger partial charge in [-0.2, -0.15) is 0 Å². The Hall–Kier alpha value is -3.24. The van der Waals surface area contributed by atoms with E-state index >= 15 is 0 Å². The van der Waals surface area contributed by atoms with Gasteiger partial charge < -0.3 is 15.9 Å². The van der Waals surface area contributed by atoms with Crippen molar-refractivity contribution in [2.75, 3.05) is 12.3 Å². The molecule has 0 radical (unpaired) electrons. The molecule has 0 unspecified atom stereocenters. The Bertz CT molecular complexity index is 933. The van der Waals surface area contributed by atoms with Crippen molar-refractivity contribution in [3.05, 3.63) is 54.4 Å². The molecular formula is C19H21N5O4S. The Balaban J connectivity index is 0.000000438. The number of carboxylic acids is 2. The summed E-state index contributed by atoms with van der Waals surface area (Å²) < 4.78 is 2.08. The average molecular weight is 415 g/mol. The van der Waals surface area contributed by atoms with Crippen molar-refractivity contribution in [1.29, 1.82) is 0 Å². The van der Waals surface area contributed by atoms with Gasteiger partial charge in [-0.3, -0.25) is 9.55 Å². The van der Waals surface area contributed by atoms with Crippen LogP contribution in [-0.4, -0.2) is 54.2 Å². The summed E-state index contributed by atoms with van der Waals surface area (Å²) in [5.41, 5.74) is 8.99. The predicted molar refractivity (Wildman–Crippen MR) is 109 cm³/mol. The minimum absolute atomic E-state index is 0.608. The number of thioether (sulfide) groups is 1. The summed E-state index contributed by atoms with van der Waals surface area (Å²) in [4.78, 5) is 22.3. The quantitative estimate of drug-likeness (QED) is 0.407. The highest BCUT2D eigenvalue weighted by Gasteiger charge is 2.15. The molecule has 152 valence electrons. The van der Waals surface area contributed by atoms with E-state index in [0.717, 1.165) is 34.4 Å². The van der Waals surface area contributed by atoms with Crippen LogP contribution in [0.15, 0.2) is 53.9 Å². The molecule has 29 heavy (non-hydrogen) atoms. The maximum Gasteiger partial charge on any atom is 0.414 e. The number of carboxylic acid groups (broad SMARTS) is 2. The summed E-state index contributed by atoms with van der Waals surface area (Å²) in [6.45, 7) is 2.76. The molecule has 2 aromatic heterocycles. The van der Waals surface area contributed by atoms with Crippen molar-refractivity contribution < 1.29 is 19.8 Å². The first kappa shape index (κ1) is 22.1. The maximum absolute atomic E-state index is 9.10. The van der Waals surface area contributed by atoms with Crippen LogP contribution in [-0.2, 0) is 16.0 Å². The highest BCUT2D eigenvalue weighted by molar-refractivity contribution is 7.99. The molecule has 0 bridgehead atoms. The van der Waals surface area contributed by atoms with Crippen molar-refractivity contribution in [3.8, 4) is 17.1 Å². The molecular weight excluding hydrogens is 394 g/mol. The van der Waals surface area contributed by atoms with Crippen LogP contribution in [0.4, 0.5) is 0 Å². The molecule has 0 aliphatic carbocycles. The number of hydrogen-bond donors (Lipinski definition) is 3. The van der Waals surface area contributed by atoms with Gasteiger partial charge >= 0.3 is 11.9 Å². The number of rotatable bonds is 6. The van der Waals surface area contributed by atoms with E-state index in [1.165, 1.54) is 5.56 Å². The first-order valence-electron chi connectivity index (χ1n) is 8.72. The number of benzene rings is 1. The number of aromatic nitrogens is 4. The minimum atomic E-state index is -1.82. The molecule has 9 nitrogen and oxygen atoms in total. The van der Waals surface area contributed by atoms with E-state index < -0.39 is 11.9 Å². The number of hydrogen-bond acceptors (Lipinski definition) is 7. The molecule has 0 saturated heterocycles. The monoisotopic (exact) mass is 415 g/mol. The van der Waals surface area contributed by atoms with Gasteiger partial charge in [0.2, 0.25) is 0 Å². The highest BCUT2D eigenvalue weighted by atomic mass is 32.2. The summed E-state index contributed by atoms with van der Waals surface area (Å²) >= 11 is 1.62. The standard InChI is InChI=1S/C17H19N5S.C2H2O4/c1-2-13-3-5-15(6-4-13)22-16(14-7-10-19-11-8-14)20-21-17(22)23-12-9-18;3-1(4)2(5)6/h3-8,10-11H,2,9,12,18H2,1H3;(H,3,4)(H,5,6). The van der Waals surface area contributed by atoms with Crippen LogP contribution in [0.3, 0.4) is 0 Å². The van der Waals surface area contributed by atoms with Crippen LogP contribution in [0.1, 0.15) is 12.5 Å². The van der Waals surface area contributed by atoms with Gasteiger partial charge in [0.15, 0.2) is 11.0 Å². The third kappa shape index (κ3) is 6.13. The van der Waals surface area contributed by atoms with E-state index in [9.17, 15) is 0 Å². The Morgan fingerprint density at radius 1 is 1.03 bits per heavy atom. The summed E-state index contributed by atoms with van der Waals surface area (Å²) in [5.74, 6) is -2.03. The van der Waals surface area contributed by atoms with Crippen molar-refractivity contribution in [2.45, 2.75) is 18.5 Å². The highest BCUT2D eigenvalue weighted by Crippen LogP contribution is 2.27. The fraction of sp³-hybridized carbons (Fsp3) is 0.211. The third-order valence-corrected chi connectivity index (χ3v) is 4.67. The lowest BCUT2D eigenvalue weighted by Crippen LogP contribution is -2.09. The lowest BCUT2D eigenvalue weighted by molar-refractivity contribution is -0.159. The summed E-state index contributed by atoms with van der Waals surface area (Å²) in [6.07, 6.45) is 4.55. The number of aryl methyl sites for hydroxylation is 1. The van der Waals surface area contributed by atoms with Gasteiger partial charge in [0.1, 0.15) is 0 Å². The van der Waals surface area contributed by atoms with Gasteiger partial charge in [-0.25, -0.2) is 9.59 Å². The second kappa shape index (κ2) is 10.9. The van der Waals surface area contributed by atoms with Gasteiger partial charge in [0, 0.05) is 35.9 Å². The summed E-state index contributed by atoms with van der Waals surface area (Å²) in [6, 6.07) is 12.4. The molecule has 0 saturated carbocycles. The van der Waals surface area contributed by atoms with E-state index in [2.05, 4.69) is 50.9 Å². The first-order chi connectivity index (χ1) is 14.0. The summed E-state index contributed by atoms with van der Waals surface area (Å²) in [5, 5.41) is 24.4. The normalized spacial score (nSPS) is 10.1. The molecule has 10 heteroatoms. The van der Waals surface area contributed by atoms with E-state index in [0.29, 0.717) is 6.54 Å². The Morgan fingerprint density at radius 3 is 2.17 bits per heavy atom. The fourth-order valence-corrected chi connectivity index (χ4v) is 3.04. The van der Waals surface area contributed by atoms with Crippen LogP contribution in [0.5, 0.6) is 0 Å². The van der Waals surface area contributed by atoms with Gasteiger partial charge in [-0.1, -0.05) is 30.8 Å². The van der Waals surface area contributed by atoms with E-state index in [4.69, 9.17) is 25.5 Å². The van der Waals surface area contributed by atoms with Crippen LogP contribution in [0.2, 0.25) is 0 Å².